The van der Waals surface area contributed by atoms with Gasteiger partial charge < -0.3 is 13.6 Å². The normalized spacial score (nSPS) is 11.2. The summed E-state index contributed by atoms with van der Waals surface area (Å²) in [6, 6.07) is 15.8. The number of nitrogens with zero attached hydrogens (tertiary/aromatic N) is 3. The second-order valence-corrected chi connectivity index (χ2v) is 7.05. The summed E-state index contributed by atoms with van der Waals surface area (Å²) in [4.78, 5) is 3.53. The zero-order valence-electron chi connectivity index (χ0n) is 14.9. The van der Waals surface area contributed by atoms with Gasteiger partial charge in [-0.1, -0.05) is 24.3 Å². The molecule has 0 N–H and O–H groups in total. The highest BCUT2D eigenvalue weighted by Crippen LogP contribution is 2.24. The molecular formula is C20H19N3O3S. The lowest BCUT2D eigenvalue weighted by molar-refractivity contribution is 0.221. The second kappa shape index (κ2) is 8.20. The molecule has 0 aliphatic carbocycles. The van der Waals surface area contributed by atoms with Crippen molar-refractivity contribution in [1.29, 1.82) is 0 Å². The van der Waals surface area contributed by atoms with Crippen LogP contribution in [0.4, 0.5) is 0 Å². The molecule has 0 aliphatic heterocycles. The smallest absolute Gasteiger partial charge is 0.283 e. The molecule has 0 fully saturated rings. The first-order chi connectivity index (χ1) is 13.3. The van der Waals surface area contributed by atoms with Crippen molar-refractivity contribution in [3.63, 3.8) is 0 Å². The highest BCUT2D eigenvalue weighted by molar-refractivity contribution is 7.09. The van der Waals surface area contributed by atoms with E-state index in [0.29, 0.717) is 30.6 Å². The summed E-state index contributed by atoms with van der Waals surface area (Å²) in [6.45, 7) is 2.03. The predicted octanol–water partition coefficient (Wildman–Crippen LogP) is 4.60. The van der Waals surface area contributed by atoms with Gasteiger partial charge in [-0.25, -0.2) is 0 Å². The molecular weight excluding hydrogens is 362 g/mol. The van der Waals surface area contributed by atoms with Crippen molar-refractivity contribution in [1.82, 2.24) is 15.1 Å². The third-order valence-electron chi connectivity index (χ3n) is 4.10. The summed E-state index contributed by atoms with van der Waals surface area (Å²) in [5, 5.41) is 10.4. The molecule has 27 heavy (non-hydrogen) atoms. The van der Waals surface area contributed by atoms with Crippen LogP contribution in [0, 0.1) is 0 Å². The maximum Gasteiger partial charge on any atom is 0.283 e. The zero-order chi connectivity index (χ0) is 18.5. The molecule has 4 rings (SSSR count). The molecule has 1 aromatic carbocycles. The predicted molar refractivity (Wildman–Crippen MR) is 102 cm³/mol. The van der Waals surface area contributed by atoms with E-state index >= 15 is 0 Å². The molecule has 3 aromatic heterocycles. The fraction of sp³-hybridized carbons (Fsp3) is 0.200. The first-order valence-corrected chi connectivity index (χ1v) is 9.42. The van der Waals surface area contributed by atoms with E-state index in [-0.39, 0.29) is 0 Å². The number of aromatic nitrogens is 2. The monoisotopic (exact) mass is 381 g/mol. The van der Waals surface area contributed by atoms with Crippen molar-refractivity contribution >= 4 is 11.3 Å². The minimum atomic E-state index is 0.392. The Morgan fingerprint density at radius 1 is 1.00 bits per heavy atom. The average Bonchev–Trinajstić information content (AvgIpc) is 3.44. The number of methoxy groups -OCH3 is 1. The fourth-order valence-corrected chi connectivity index (χ4v) is 3.62. The van der Waals surface area contributed by atoms with E-state index in [2.05, 4.69) is 38.7 Å². The summed E-state index contributed by atoms with van der Waals surface area (Å²) in [5.74, 6) is 2.38. The lowest BCUT2D eigenvalue weighted by Crippen LogP contribution is -2.22. The molecule has 0 radical (unpaired) electrons. The Hall–Kier alpha value is -2.90. The number of benzene rings is 1. The van der Waals surface area contributed by atoms with E-state index in [4.69, 9.17) is 13.6 Å². The standard InChI is InChI=1S/C20H19N3O3S/c1-24-17-8-3-2-6-15(17)12-23(13-16-7-5-11-27-16)14-19-21-22-20(26-19)18-9-4-10-25-18/h2-11H,12-14H2,1H3. The maximum atomic E-state index is 5.79. The van der Waals surface area contributed by atoms with Crippen molar-refractivity contribution in [2.45, 2.75) is 19.6 Å². The van der Waals surface area contributed by atoms with Crippen molar-refractivity contribution in [2.75, 3.05) is 7.11 Å². The minimum Gasteiger partial charge on any atom is -0.496 e. The first-order valence-electron chi connectivity index (χ1n) is 8.54. The van der Waals surface area contributed by atoms with E-state index < -0.39 is 0 Å². The van der Waals surface area contributed by atoms with Crippen molar-refractivity contribution in [3.8, 4) is 17.4 Å². The lowest BCUT2D eigenvalue weighted by Gasteiger charge is -2.21. The van der Waals surface area contributed by atoms with Gasteiger partial charge in [-0.2, -0.15) is 0 Å². The molecule has 0 saturated carbocycles. The summed E-state index contributed by atoms with van der Waals surface area (Å²) in [5.41, 5.74) is 1.11. The van der Waals surface area contributed by atoms with Crippen molar-refractivity contribution in [3.05, 3.63) is 76.5 Å². The highest BCUT2D eigenvalue weighted by Gasteiger charge is 2.17. The molecule has 138 valence electrons. The van der Waals surface area contributed by atoms with E-state index in [0.717, 1.165) is 17.9 Å². The van der Waals surface area contributed by atoms with E-state index in [1.165, 1.54) is 4.88 Å². The maximum absolute atomic E-state index is 5.79. The van der Waals surface area contributed by atoms with E-state index in [9.17, 15) is 0 Å². The van der Waals surface area contributed by atoms with Gasteiger partial charge in [-0.15, -0.1) is 21.5 Å². The van der Waals surface area contributed by atoms with Crippen LogP contribution < -0.4 is 4.74 Å². The number of para-hydroxylation sites is 1. The Balaban J connectivity index is 1.54. The van der Waals surface area contributed by atoms with E-state index in [1.807, 2.05) is 18.2 Å². The van der Waals surface area contributed by atoms with Gasteiger partial charge in [0.25, 0.3) is 5.89 Å². The molecule has 0 spiro atoms. The summed E-state index contributed by atoms with van der Waals surface area (Å²) < 4.78 is 16.6. The number of ether oxygens (including phenoxy) is 1. The molecule has 3 heterocycles. The Bertz CT molecular complexity index is 964. The van der Waals surface area contributed by atoms with Crippen LogP contribution in [0.1, 0.15) is 16.3 Å². The van der Waals surface area contributed by atoms with Gasteiger partial charge in [0.05, 0.1) is 19.9 Å². The molecule has 0 bridgehead atoms. The largest absolute Gasteiger partial charge is 0.496 e. The molecule has 0 unspecified atom stereocenters. The minimum absolute atomic E-state index is 0.392. The van der Waals surface area contributed by atoms with Crippen molar-refractivity contribution < 1.29 is 13.6 Å². The van der Waals surface area contributed by atoms with Crippen LogP contribution >= 0.6 is 11.3 Å². The Kier molecular flexibility index (Phi) is 5.32. The van der Waals surface area contributed by atoms with Crippen LogP contribution in [0.5, 0.6) is 5.75 Å². The number of rotatable bonds is 8. The first kappa shape index (κ1) is 17.5. The van der Waals surface area contributed by atoms with Gasteiger partial charge in [0.1, 0.15) is 5.75 Å². The number of hydrogen-bond acceptors (Lipinski definition) is 7. The molecule has 0 saturated heterocycles. The average molecular weight is 381 g/mol. The SMILES string of the molecule is COc1ccccc1CN(Cc1nnc(-c2ccco2)o1)Cc1cccs1. The van der Waals surface area contributed by atoms with Gasteiger partial charge >= 0.3 is 0 Å². The summed E-state index contributed by atoms with van der Waals surface area (Å²) >= 11 is 1.73. The van der Waals surface area contributed by atoms with Crippen LogP contribution in [-0.2, 0) is 19.6 Å². The zero-order valence-corrected chi connectivity index (χ0v) is 15.7. The summed E-state index contributed by atoms with van der Waals surface area (Å²) in [6.07, 6.45) is 1.59. The number of furan rings is 1. The third-order valence-corrected chi connectivity index (χ3v) is 4.96. The molecule has 0 atom stereocenters. The quantitative estimate of drug-likeness (QED) is 0.444. The van der Waals surface area contributed by atoms with Crippen molar-refractivity contribution in [2.24, 2.45) is 0 Å². The van der Waals surface area contributed by atoms with Gasteiger partial charge in [0, 0.05) is 23.5 Å². The molecule has 4 aromatic rings. The van der Waals surface area contributed by atoms with Gasteiger partial charge in [0.15, 0.2) is 5.76 Å². The van der Waals surface area contributed by atoms with Gasteiger partial charge in [-0.3, -0.25) is 4.90 Å². The van der Waals surface area contributed by atoms with Gasteiger partial charge in [0.2, 0.25) is 5.89 Å². The van der Waals surface area contributed by atoms with Crippen LogP contribution in [0.3, 0.4) is 0 Å². The van der Waals surface area contributed by atoms with Crippen LogP contribution in [-0.4, -0.2) is 22.2 Å². The highest BCUT2D eigenvalue weighted by atomic mass is 32.1. The molecule has 6 nitrogen and oxygen atoms in total. The second-order valence-electron chi connectivity index (χ2n) is 6.01. The van der Waals surface area contributed by atoms with E-state index in [1.54, 1.807) is 36.8 Å². The Morgan fingerprint density at radius 2 is 1.93 bits per heavy atom. The number of hydrogen-bond donors (Lipinski definition) is 0. The molecule has 0 aliphatic rings. The molecule has 0 amide bonds. The number of thiophene rings is 1. The van der Waals surface area contributed by atoms with Crippen LogP contribution in [0.15, 0.2) is 69.0 Å². The van der Waals surface area contributed by atoms with Gasteiger partial charge in [-0.05, 0) is 29.6 Å². The Labute approximate surface area is 161 Å². The lowest BCUT2D eigenvalue weighted by atomic mass is 10.2. The van der Waals surface area contributed by atoms with Crippen LogP contribution in [0.25, 0.3) is 11.7 Å². The summed E-state index contributed by atoms with van der Waals surface area (Å²) in [7, 11) is 1.69. The Morgan fingerprint density at radius 3 is 2.70 bits per heavy atom. The molecule has 7 heteroatoms. The third kappa shape index (κ3) is 4.27. The van der Waals surface area contributed by atoms with Crippen LogP contribution in [0.2, 0.25) is 0 Å². The topological polar surface area (TPSA) is 64.5 Å². The fourth-order valence-electron chi connectivity index (χ4n) is 2.87.